The third-order valence-corrected chi connectivity index (χ3v) is 3.85. The molecule has 2 aromatic carbocycles. The van der Waals surface area contributed by atoms with E-state index >= 15 is 0 Å². The van der Waals surface area contributed by atoms with Crippen molar-refractivity contribution in [2.24, 2.45) is 0 Å². The van der Waals surface area contributed by atoms with Gasteiger partial charge in [-0.2, -0.15) is 0 Å². The number of hydrogen-bond donors (Lipinski definition) is 0. The van der Waals surface area contributed by atoms with Gasteiger partial charge in [0.05, 0.1) is 5.52 Å². The number of hydrogen-bond acceptors (Lipinski definition) is 2. The molecule has 0 aliphatic carbocycles. The summed E-state index contributed by atoms with van der Waals surface area (Å²) >= 11 is 0. The number of aromatic nitrogens is 1. The summed E-state index contributed by atoms with van der Waals surface area (Å²) in [5, 5.41) is 3.39. The molecule has 0 spiro atoms. The first-order valence-electron chi connectivity index (χ1n) is 6.42. The molecule has 0 aliphatic heterocycles. The van der Waals surface area contributed by atoms with E-state index in [1.54, 1.807) is 0 Å². The molecule has 0 saturated carbocycles. The van der Waals surface area contributed by atoms with Crippen molar-refractivity contribution < 1.29 is 4.42 Å². The largest absolute Gasteiger partial charge is 0.437 e. The number of rotatable bonds is 0. The van der Waals surface area contributed by atoms with E-state index < -0.39 is 0 Å². The van der Waals surface area contributed by atoms with E-state index in [9.17, 15) is 0 Å². The van der Waals surface area contributed by atoms with E-state index in [2.05, 4.69) is 43.1 Å². The van der Waals surface area contributed by atoms with E-state index in [0.717, 1.165) is 33.0 Å². The highest BCUT2D eigenvalue weighted by atomic mass is 16.3. The zero-order valence-corrected chi connectivity index (χ0v) is 10.9. The van der Waals surface area contributed by atoms with E-state index in [4.69, 9.17) is 4.42 Å². The Morgan fingerprint density at radius 1 is 0.947 bits per heavy atom. The Hall–Kier alpha value is -2.35. The topological polar surface area (TPSA) is 26.0 Å². The molecule has 0 N–H and O–H groups in total. The van der Waals surface area contributed by atoms with Crippen LogP contribution < -0.4 is 0 Å². The number of pyridine rings is 1. The fourth-order valence-corrected chi connectivity index (χ4v) is 2.60. The standard InChI is InChI=1S/C17H13NO/c1-10-7-8-13-14-9-12-5-3-4-6-15(12)18-17(14)19-16(13)11(10)2/h3-9H,1-2H3. The molecule has 2 heterocycles. The molecule has 0 amide bonds. The summed E-state index contributed by atoms with van der Waals surface area (Å²) in [5.74, 6) is 0. The van der Waals surface area contributed by atoms with Crippen LogP contribution in [0.25, 0.3) is 33.0 Å². The van der Waals surface area contributed by atoms with E-state index in [1.165, 1.54) is 11.1 Å². The van der Waals surface area contributed by atoms with Crippen LogP contribution in [0.3, 0.4) is 0 Å². The van der Waals surface area contributed by atoms with Gasteiger partial charge in [0.2, 0.25) is 5.71 Å². The summed E-state index contributed by atoms with van der Waals surface area (Å²) in [4.78, 5) is 4.62. The lowest BCUT2D eigenvalue weighted by molar-refractivity contribution is 0.652. The molecular weight excluding hydrogens is 234 g/mol. The fourth-order valence-electron chi connectivity index (χ4n) is 2.60. The first-order chi connectivity index (χ1) is 9.24. The van der Waals surface area contributed by atoms with E-state index in [1.807, 2.05) is 18.2 Å². The van der Waals surface area contributed by atoms with Crippen LogP contribution in [-0.2, 0) is 0 Å². The summed E-state index contributed by atoms with van der Waals surface area (Å²) in [6.07, 6.45) is 0. The Morgan fingerprint density at radius 3 is 2.68 bits per heavy atom. The van der Waals surface area contributed by atoms with Gasteiger partial charge in [-0.3, -0.25) is 0 Å². The number of nitrogens with zero attached hydrogens (tertiary/aromatic N) is 1. The highest BCUT2D eigenvalue weighted by Gasteiger charge is 2.12. The molecule has 0 radical (unpaired) electrons. The Labute approximate surface area is 110 Å². The molecule has 0 atom stereocenters. The van der Waals surface area contributed by atoms with Gasteiger partial charge in [0.25, 0.3) is 0 Å². The van der Waals surface area contributed by atoms with Crippen LogP contribution in [0.2, 0.25) is 0 Å². The monoisotopic (exact) mass is 247 g/mol. The average molecular weight is 247 g/mol. The minimum Gasteiger partial charge on any atom is -0.437 e. The van der Waals surface area contributed by atoms with E-state index in [0.29, 0.717) is 0 Å². The van der Waals surface area contributed by atoms with Gasteiger partial charge in [0.1, 0.15) is 5.58 Å². The summed E-state index contributed by atoms with van der Waals surface area (Å²) in [6, 6.07) is 14.6. The molecule has 4 rings (SSSR count). The van der Waals surface area contributed by atoms with Crippen molar-refractivity contribution in [2.75, 3.05) is 0 Å². The van der Waals surface area contributed by atoms with Crippen molar-refractivity contribution in [3.63, 3.8) is 0 Å². The highest BCUT2D eigenvalue weighted by molar-refractivity contribution is 6.08. The van der Waals surface area contributed by atoms with Gasteiger partial charge in [-0.25, -0.2) is 4.98 Å². The van der Waals surface area contributed by atoms with Gasteiger partial charge in [-0.15, -0.1) is 0 Å². The maximum Gasteiger partial charge on any atom is 0.227 e. The smallest absolute Gasteiger partial charge is 0.227 e. The van der Waals surface area contributed by atoms with Crippen molar-refractivity contribution in [2.45, 2.75) is 13.8 Å². The van der Waals surface area contributed by atoms with Crippen molar-refractivity contribution in [1.29, 1.82) is 0 Å². The molecule has 19 heavy (non-hydrogen) atoms. The first-order valence-corrected chi connectivity index (χ1v) is 6.42. The Morgan fingerprint density at radius 2 is 1.79 bits per heavy atom. The fraction of sp³-hybridized carbons (Fsp3) is 0.118. The molecule has 4 aromatic rings. The van der Waals surface area contributed by atoms with Crippen LogP contribution in [0.1, 0.15) is 11.1 Å². The van der Waals surface area contributed by atoms with Crippen molar-refractivity contribution in [3.05, 3.63) is 53.6 Å². The summed E-state index contributed by atoms with van der Waals surface area (Å²) in [5.41, 5.74) is 5.10. The maximum absolute atomic E-state index is 5.96. The maximum atomic E-state index is 5.96. The van der Waals surface area contributed by atoms with Crippen LogP contribution in [-0.4, -0.2) is 4.98 Å². The summed E-state index contributed by atoms with van der Waals surface area (Å²) in [7, 11) is 0. The molecule has 2 heteroatoms. The van der Waals surface area contributed by atoms with Gasteiger partial charge in [0, 0.05) is 16.2 Å². The molecule has 0 saturated heterocycles. The molecule has 2 nitrogen and oxygen atoms in total. The van der Waals surface area contributed by atoms with E-state index in [-0.39, 0.29) is 0 Å². The van der Waals surface area contributed by atoms with Gasteiger partial charge < -0.3 is 4.42 Å². The van der Waals surface area contributed by atoms with Crippen molar-refractivity contribution in [3.8, 4) is 0 Å². The van der Waals surface area contributed by atoms with Crippen LogP contribution in [0.4, 0.5) is 0 Å². The quantitative estimate of drug-likeness (QED) is 0.448. The molecule has 0 aliphatic rings. The number of fused-ring (bicyclic) bond motifs is 4. The molecule has 0 unspecified atom stereocenters. The number of para-hydroxylation sites is 1. The highest BCUT2D eigenvalue weighted by Crippen LogP contribution is 2.32. The minimum atomic E-state index is 0.724. The second kappa shape index (κ2) is 3.58. The van der Waals surface area contributed by atoms with Crippen LogP contribution >= 0.6 is 0 Å². The lowest BCUT2D eigenvalue weighted by Crippen LogP contribution is -1.79. The molecule has 0 fully saturated rings. The third kappa shape index (κ3) is 1.40. The van der Waals surface area contributed by atoms with Gasteiger partial charge in [-0.1, -0.05) is 30.3 Å². The van der Waals surface area contributed by atoms with Crippen molar-refractivity contribution in [1.82, 2.24) is 4.98 Å². The second-order valence-corrected chi connectivity index (χ2v) is 5.02. The predicted octanol–water partition coefficient (Wildman–Crippen LogP) is 4.75. The van der Waals surface area contributed by atoms with Crippen LogP contribution in [0.5, 0.6) is 0 Å². The zero-order chi connectivity index (χ0) is 13.0. The summed E-state index contributed by atoms with van der Waals surface area (Å²) in [6.45, 7) is 4.20. The minimum absolute atomic E-state index is 0.724. The Bertz CT molecular complexity index is 934. The average Bonchev–Trinajstić information content (AvgIpc) is 2.79. The number of aryl methyl sites for hydroxylation is 2. The van der Waals surface area contributed by atoms with Crippen LogP contribution in [0, 0.1) is 13.8 Å². The SMILES string of the molecule is Cc1ccc2c(oc3nc4ccccc4cc32)c1C. The molecular formula is C17H13NO. The molecule has 2 aromatic heterocycles. The zero-order valence-electron chi connectivity index (χ0n) is 10.9. The third-order valence-electron chi connectivity index (χ3n) is 3.85. The normalized spacial score (nSPS) is 11.7. The predicted molar refractivity (Wildman–Crippen MR) is 78.5 cm³/mol. The molecule has 92 valence electrons. The van der Waals surface area contributed by atoms with Gasteiger partial charge in [0.15, 0.2) is 0 Å². The summed E-state index contributed by atoms with van der Waals surface area (Å²) < 4.78 is 5.96. The second-order valence-electron chi connectivity index (χ2n) is 5.02. The van der Waals surface area contributed by atoms with Gasteiger partial charge >= 0.3 is 0 Å². The lowest BCUT2D eigenvalue weighted by atomic mass is 10.1. The molecule has 0 bridgehead atoms. The first kappa shape index (κ1) is 10.6. The Kier molecular flexibility index (Phi) is 1.99. The number of benzene rings is 2. The number of furan rings is 1. The lowest BCUT2D eigenvalue weighted by Gasteiger charge is -1.98. The van der Waals surface area contributed by atoms with Gasteiger partial charge in [-0.05, 0) is 37.1 Å². The Balaban J connectivity index is 2.25. The van der Waals surface area contributed by atoms with Crippen LogP contribution in [0.15, 0.2) is 46.9 Å². The van der Waals surface area contributed by atoms with Crippen molar-refractivity contribution >= 4 is 33.0 Å².